The van der Waals surface area contributed by atoms with E-state index in [1.54, 1.807) is 0 Å². The molecule has 1 N–H and O–H groups in total. The molecule has 0 atom stereocenters. The SMILES string of the molecule is C=CCn1c(C2CC2)nn(CN(Cc2ccc(C(=O)NC3CC3)cc2)C2CC2)c1=S. The molecule has 3 saturated carbocycles. The van der Waals surface area contributed by atoms with Crippen molar-refractivity contribution in [2.45, 2.75) is 76.3 Å². The van der Waals surface area contributed by atoms with Gasteiger partial charge in [-0.3, -0.25) is 14.3 Å². The van der Waals surface area contributed by atoms with Gasteiger partial charge in [-0.1, -0.05) is 18.2 Å². The summed E-state index contributed by atoms with van der Waals surface area (Å²) < 4.78 is 4.91. The van der Waals surface area contributed by atoms with E-state index in [2.05, 4.69) is 33.5 Å². The van der Waals surface area contributed by atoms with Gasteiger partial charge in [-0.25, -0.2) is 4.68 Å². The largest absolute Gasteiger partial charge is 0.349 e. The maximum absolute atomic E-state index is 12.2. The number of nitrogens with zero attached hydrogens (tertiary/aromatic N) is 4. The molecule has 0 radical (unpaired) electrons. The quantitative estimate of drug-likeness (QED) is 0.464. The highest BCUT2D eigenvalue weighted by Crippen LogP contribution is 2.39. The van der Waals surface area contributed by atoms with Gasteiger partial charge in [0.1, 0.15) is 5.82 Å². The standard InChI is InChI=1S/C23H29N5OS/c1-2-13-27-21(17-7-8-17)25-28(23(27)30)15-26(20-11-12-20)14-16-3-5-18(6-4-16)22(29)24-19-9-10-19/h2-6,17,19-20H,1,7-15H2,(H,24,29). The summed E-state index contributed by atoms with van der Waals surface area (Å²) in [5, 5.41) is 7.93. The van der Waals surface area contributed by atoms with E-state index in [0.717, 1.165) is 42.1 Å². The summed E-state index contributed by atoms with van der Waals surface area (Å²) in [4.78, 5) is 14.7. The highest BCUT2D eigenvalue weighted by Gasteiger charge is 2.32. The molecule has 30 heavy (non-hydrogen) atoms. The molecule has 6 nitrogen and oxygen atoms in total. The van der Waals surface area contributed by atoms with Crippen LogP contribution in [0.2, 0.25) is 0 Å². The minimum atomic E-state index is 0.0368. The van der Waals surface area contributed by atoms with E-state index in [0.29, 0.717) is 24.7 Å². The molecule has 1 amide bonds. The van der Waals surface area contributed by atoms with Gasteiger partial charge in [0.15, 0.2) is 4.77 Å². The fourth-order valence-electron chi connectivity index (χ4n) is 3.89. The van der Waals surface area contributed by atoms with Crippen molar-refractivity contribution < 1.29 is 4.79 Å². The van der Waals surface area contributed by atoms with Gasteiger partial charge in [0.25, 0.3) is 5.91 Å². The van der Waals surface area contributed by atoms with Gasteiger partial charge in [0, 0.05) is 36.7 Å². The molecular weight excluding hydrogens is 394 g/mol. The summed E-state index contributed by atoms with van der Waals surface area (Å²) in [6, 6.07) is 8.99. The van der Waals surface area contributed by atoms with Crippen LogP contribution in [0.1, 0.15) is 66.2 Å². The smallest absolute Gasteiger partial charge is 0.251 e. The van der Waals surface area contributed by atoms with Gasteiger partial charge in [-0.2, -0.15) is 5.10 Å². The Kier molecular flexibility index (Phi) is 5.33. The van der Waals surface area contributed by atoms with Crippen molar-refractivity contribution in [2.24, 2.45) is 0 Å². The van der Waals surface area contributed by atoms with Crippen molar-refractivity contribution in [1.29, 1.82) is 0 Å². The fourth-order valence-corrected chi connectivity index (χ4v) is 4.16. The fraction of sp³-hybridized carbons (Fsp3) is 0.522. The van der Waals surface area contributed by atoms with Crippen LogP contribution in [0.15, 0.2) is 36.9 Å². The Morgan fingerprint density at radius 2 is 1.93 bits per heavy atom. The summed E-state index contributed by atoms with van der Waals surface area (Å²) in [5.41, 5.74) is 1.95. The predicted octanol–water partition coefficient (Wildman–Crippen LogP) is 3.99. The lowest BCUT2D eigenvalue weighted by atomic mass is 10.1. The lowest BCUT2D eigenvalue weighted by Crippen LogP contribution is -2.29. The maximum Gasteiger partial charge on any atom is 0.251 e. The van der Waals surface area contributed by atoms with Gasteiger partial charge in [-0.05, 0) is 68.4 Å². The zero-order valence-corrected chi connectivity index (χ0v) is 18.1. The summed E-state index contributed by atoms with van der Waals surface area (Å²) in [6.45, 7) is 6.14. The molecule has 1 heterocycles. The summed E-state index contributed by atoms with van der Waals surface area (Å²) in [5.74, 6) is 1.70. The zero-order chi connectivity index (χ0) is 20.7. The third kappa shape index (κ3) is 4.42. The van der Waals surface area contributed by atoms with Gasteiger partial charge in [0.05, 0.1) is 6.67 Å². The topological polar surface area (TPSA) is 55.1 Å². The third-order valence-corrected chi connectivity index (χ3v) is 6.53. The molecule has 0 spiro atoms. The molecule has 2 aromatic rings. The second-order valence-corrected chi connectivity index (χ2v) is 9.24. The molecule has 3 aliphatic carbocycles. The van der Waals surface area contributed by atoms with Crippen molar-refractivity contribution in [3.63, 3.8) is 0 Å². The first-order valence-electron chi connectivity index (χ1n) is 11.0. The number of rotatable bonds is 10. The first kappa shape index (κ1) is 19.7. The number of hydrogen-bond donors (Lipinski definition) is 1. The van der Waals surface area contributed by atoms with Crippen LogP contribution in [0, 0.1) is 4.77 Å². The van der Waals surface area contributed by atoms with E-state index in [1.165, 1.54) is 31.2 Å². The van der Waals surface area contributed by atoms with Crippen molar-refractivity contribution in [1.82, 2.24) is 24.6 Å². The Bertz CT molecular complexity index is 996. The van der Waals surface area contributed by atoms with E-state index in [-0.39, 0.29) is 5.91 Å². The summed E-state index contributed by atoms with van der Waals surface area (Å²) in [6.07, 6.45) is 8.96. The number of hydrogen-bond acceptors (Lipinski definition) is 4. The van der Waals surface area contributed by atoms with Crippen LogP contribution < -0.4 is 5.32 Å². The predicted molar refractivity (Wildman–Crippen MR) is 119 cm³/mol. The first-order chi connectivity index (χ1) is 14.6. The highest BCUT2D eigenvalue weighted by atomic mass is 32.1. The van der Waals surface area contributed by atoms with Crippen LogP contribution in [0.25, 0.3) is 0 Å². The Morgan fingerprint density at radius 1 is 1.20 bits per heavy atom. The van der Waals surface area contributed by atoms with E-state index in [4.69, 9.17) is 17.3 Å². The molecule has 5 rings (SSSR count). The second-order valence-electron chi connectivity index (χ2n) is 8.88. The van der Waals surface area contributed by atoms with Gasteiger partial charge in [0.2, 0.25) is 0 Å². The third-order valence-electron chi connectivity index (χ3n) is 6.10. The molecule has 7 heteroatoms. The number of nitrogens with one attached hydrogen (secondary N) is 1. The number of benzene rings is 1. The van der Waals surface area contributed by atoms with Gasteiger partial charge >= 0.3 is 0 Å². The molecule has 3 fully saturated rings. The zero-order valence-electron chi connectivity index (χ0n) is 17.3. The van der Waals surface area contributed by atoms with Crippen molar-refractivity contribution in [3.8, 4) is 0 Å². The van der Waals surface area contributed by atoms with Crippen molar-refractivity contribution >= 4 is 18.1 Å². The van der Waals surface area contributed by atoms with Crippen LogP contribution in [0.4, 0.5) is 0 Å². The van der Waals surface area contributed by atoms with Gasteiger partial charge < -0.3 is 5.32 Å². The molecule has 158 valence electrons. The molecule has 0 saturated heterocycles. The molecule has 0 aliphatic heterocycles. The molecule has 0 unspecified atom stereocenters. The Balaban J connectivity index is 1.29. The molecule has 1 aromatic carbocycles. The normalized spacial score (nSPS) is 18.6. The van der Waals surface area contributed by atoms with Crippen LogP contribution >= 0.6 is 12.2 Å². The van der Waals surface area contributed by atoms with E-state index < -0.39 is 0 Å². The average Bonchev–Trinajstić information content (AvgIpc) is 3.61. The number of aromatic nitrogens is 3. The summed E-state index contributed by atoms with van der Waals surface area (Å²) >= 11 is 5.74. The lowest BCUT2D eigenvalue weighted by Gasteiger charge is -2.22. The van der Waals surface area contributed by atoms with E-state index in [9.17, 15) is 4.79 Å². The number of allylic oxidation sites excluding steroid dienone is 1. The van der Waals surface area contributed by atoms with E-state index in [1.807, 2.05) is 22.9 Å². The van der Waals surface area contributed by atoms with Crippen LogP contribution in [-0.2, 0) is 19.8 Å². The lowest BCUT2D eigenvalue weighted by molar-refractivity contribution is 0.0951. The number of carbonyl (C=O) groups excluding carboxylic acids is 1. The van der Waals surface area contributed by atoms with Gasteiger partial charge in [-0.15, -0.1) is 6.58 Å². The Labute approximate surface area is 182 Å². The molecule has 3 aliphatic rings. The highest BCUT2D eigenvalue weighted by molar-refractivity contribution is 7.71. The molecular formula is C23H29N5OS. The Morgan fingerprint density at radius 3 is 2.53 bits per heavy atom. The first-order valence-corrected chi connectivity index (χ1v) is 11.5. The van der Waals surface area contributed by atoms with Crippen LogP contribution in [0.5, 0.6) is 0 Å². The van der Waals surface area contributed by atoms with Crippen molar-refractivity contribution in [3.05, 3.63) is 58.6 Å². The second kappa shape index (κ2) is 8.12. The number of carbonyl (C=O) groups is 1. The monoisotopic (exact) mass is 423 g/mol. The maximum atomic E-state index is 12.2. The number of amides is 1. The summed E-state index contributed by atoms with van der Waals surface area (Å²) in [7, 11) is 0. The average molecular weight is 424 g/mol. The van der Waals surface area contributed by atoms with Crippen LogP contribution in [0.3, 0.4) is 0 Å². The molecule has 1 aromatic heterocycles. The minimum Gasteiger partial charge on any atom is -0.349 e. The Hall–Kier alpha value is -2.25. The molecule has 0 bridgehead atoms. The van der Waals surface area contributed by atoms with E-state index >= 15 is 0 Å². The minimum absolute atomic E-state index is 0.0368. The van der Waals surface area contributed by atoms with Crippen LogP contribution in [-0.4, -0.2) is 37.2 Å². The van der Waals surface area contributed by atoms with Crippen molar-refractivity contribution in [2.75, 3.05) is 0 Å².